The molecule has 0 saturated heterocycles. The van der Waals surface area contributed by atoms with Crippen LogP contribution in [0.2, 0.25) is 0 Å². The first kappa shape index (κ1) is 20.6. The van der Waals surface area contributed by atoms with Crippen molar-refractivity contribution in [3.8, 4) is 11.3 Å². The minimum atomic E-state index is -0.225. The van der Waals surface area contributed by atoms with Crippen LogP contribution in [-0.2, 0) is 13.6 Å². The van der Waals surface area contributed by atoms with Gasteiger partial charge < -0.3 is 5.32 Å². The minimum absolute atomic E-state index is 0.225. The van der Waals surface area contributed by atoms with Crippen LogP contribution in [0.15, 0.2) is 73.1 Å². The highest BCUT2D eigenvalue weighted by Crippen LogP contribution is 2.27. The quantitative estimate of drug-likeness (QED) is 0.431. The number of benzene rings is 2. The maximum Gasteiger partial charge on any atom is 0.257 e. The SMILES string of the molecule is Cc1cccc(Cn2ccc(NC(=O)c3cc(-c4cn(C)nc4C)nc4ccccc34)n2)c1. The summed E-state index contributed by atoms with van der Waals surface area (Å²) in [5, 5.41) is 12.7. The molecule has 7 heteroatoms. The molecule has 3 aromatic heterocycles. The van der Waals surface area contributed by atoms with Gasteiger partial charge in [-0.2, -0.15) is 10.2 Å². The normalized spacial score (nSPS) is 11.1. The van der Waals surface area contributed by atoms with E-state index in [4.69, 9.17) is 4.98 Å². The molecule has 0 bridgehead atoms. The van der Waals surface area contributed by atoms with E-state index < -0.39 is 0 Å². The van der Waals surface area contributed by atoms with Crippen LogP contribution in [0.1, 0.15) is 27.2 Å². The lowest BCUT2D eigenvalue weighted by Crippen LogP contribution is -2.14. The van der Waals surface area contributed by atoms with Gasteiger partial charge in [-0.05, 0) is 31.5 Å². The molecule has 0 saturated carbocycles. The topological polar surface area (TPSA) is 77.6 Å². The van der Waals surface area contributed by atoms with Gasteiger partial charge in [-0.1, -0.05) is 48.0 Å². The standard InChI is InChI=1S/C26H24N6O/c1-17-7-6-8-19(13-17)15-32-12-11-25(30-32)28-26(33)21-14-24(22-16-31(3)29-18(22)2)27-23-10-5-4-9-20(21)23/h4-14,16H,15H2,1-3H3,(H,28,30,33). The molecule has 33 heavy (non-hydrogen) atoms. The monoisotopic (exact) mass is 436 g/mol. The van der Waals surface area contributed by atoms with E-state index in [0.29, 0.717) is 17.9 Å². The predicted molar refractivity (Wildman–Crippen MR) is 129 cm³/mol. The Balaban J connectivity index is 1.45. The molecule has 5 aromatic rings. The number of carbonyl (C=O) groups is 1. The van der Waals surface area contributed by atoms with Crippen LogP contribution in [0.5, 0.6) is 0 Å². The molecule has 1 amide bonds. The number of anilines is 1. The smallest absolute Gasteiger partial charge is 0.257 e. The molecule has 7 nitrogen and oxygen atoms in total. The van der Waals surface area contributed by atoms with Gasteiger partial charge in [0.05, 0.1) is 29.0 Å². The second kappa shape index (κ2) is 8.35. The third kappa shape index (κ3) is 4.25. The van der Waals surface area contributed by atoms with Gasteiger partial charge in [0.1, 0.15) is 0 Å². The Morgan fingerprint density at radius 1 is 1.00 bits per heavy atom. The first-order valence-corrected chi connectivity index (χ1v) is 10.8. The van der Waals surface area contributed by atoms with Gasteiger partial charge in [0, 0.05) is 36.5 Å². The summed E-state index contributed by atoms with van der Waals surface area (Å²) < 4.78 is 3.57. The number of aryl methyl sites for hydroxylation is 3. The molecule has 164 valence electrons. The molecule has 3 heterocycles. The summed E-state index contributed by atoms with van der Waals surface area (Å²) >= 11 is 0. The lowest BCUT2D eigenvalue weighted by molar-refractivity contribution is 0.102. The third-order valence-electron chi connectivity index (χ3n) is 5.56. The van der Waals surface area contributed by atoms with Gasteiger partial charge in [0.15, 0.2) is 5.82 Å². The summed E-state index contributed by atoms with van der Waals surface area (Å²) in [4.78, 5) is 18.1. The summed E-state index contributed by atoms with van der Waals surface area (Å²) in [6.45, 7) is 4.64. The van der Waals surface area contributed by atoms with Gasteiger partial charge in [-0.15, -0.1) is 0 Å². The first-order valence-electron chi connectivity index (χ1n) is 10.8. The highest BCUT2D eigenvalue weighted by molar-refractivity contribution is 6.12. The molecular formula is C26H24N6O. The summed E-state index contributed by atoms with van der Waals surface area (Å²) in [6, 6.07) is 19.6. The van der Waals surface area contributed by atoms with Crippen molar-refractivity contribution in [2.75, 3.05) is 5.32 Å². The number of fused-ring (bicyclic) bond motifs is 1. The Kier molecular flexibility index (Phi) is 5.22. The predicted octanol–water partition coefficient (Wildman–Crippen LogP) is 4.75. The van der Waals surface area contributed by atoms with Gasteiger partial charge >= 0.3 is 0 Å². The van der Waals surface area contributed by atoms with Crippen molar-refractivity contribution in [1.82, 2.24) is 24.5 Å². The first-order chi connectivity index (χ1) is 16.0. The van der Waals surface area contributed by atoms with Crippen LogP contribution in [0.25, 0.3) is 22.2 Å². The number of pyridine rings is 1. The lowest BCUT2D eigenvalue weighted by Gasteiger charge is -2.09. The van der Waals surface area contributed by atoms with E-state index in [2.05, 4.69) is 40.6 Å². The summed E-state index contributed by atoms with van der Waals surface area (Å²) in [6.07, 6.45) is 3.79. The number of amides is 1. The average Bonchev–Trinajstić information content (AvgIpc) is 3.37. The number of para-hydroxylation sites is 1. The Labute approximate surface area is 191 Å². The molecule has 0 aliphatic carbocycles. The fourth-order valence-electron chi connectivity index (χ4n) is 4.05. The van der Waals surface area contributed by atoms with Crippen molar-refractivity contribution in [3.63, 3.8) is 0 Å². The highest BCUT2D eigenvalue weighted by atomic mass is 16.1. The van der Waals surface area contributed by atoms with Gasteiger partial charge in [-0.3, -0.25) is 14.2 Å². The minimum Gasteiger partial charge on any atom is -0.305 e. The van der Waals surface area contributed by atoms with E-state index in [0.717, 1.165) is 33.4 Å². The van der Waals surface area contributed by atoms with Crippen LogP contribution >= 0.6 is 0 Å². The van der Waals surface area contributed by atoms with E-state index in [-0.39, 0.29) is 5.91 Å². The van der Waals surface area contributed by atoms with Crippen molar-refractivity contribution < 1.29 is 4.79 Å². The fraction of sp³-hybridized carbons (Fsp3) is 0.154. The molecule has 1 N–H and O–H groups in total. The van der Waals surface area contributed by atoms with Crippen LogP contribution in [-0.4, -0.2) is 30.5 Å². The van der Waals surface area contributed by atoms with E-state index in [1.165, 1.54) is 5.56 Å². The summed E-state index contributed by atoms with van der Waals surface area (Å²) in [5.41, 5.74) is 6.15. The third-order valence-corrected chi connectivity index (χ3v) is 5.56. The van der Waals surface area contributed by atoms with E-state index >= 15 is 0 Å². The Bertz CT molecular complexity index is 1480. The molecule has 5 rings (SSSR count). The zero-order chi connectivity index (χ0) is 22.9. The lowest BCUT2D eigenvalue weighted by atomic mass is 10.0. The van der Waals surface area contributed by atoms with Crippen LogP contribution in [0.4, 0.5) is 5.82 Å². The summed E-state index contributed by atoms with van der Waals surface area (Å²) in [7, 11) is 1.87. The number of hydrogen-bond donors (Lipinski definition) is 1. The van der Waals surface area contributed by atoms with E-state index in [9.17, 15) is 4.79 Å². The zero-order valence-electron chi connectivity index (χ0n) is 18.8. The van der Waals surface area contributed by atoms with Gasteiger partial charge in [-0.25, -0.2) is 4.98 Å². The molecular weight excluding hydrogens is 412 g/mol. The molecule has 0 spiro atoms. The van der Waals surface area contributed by atoms with E-state index in [1.807, 2.05) is 73.5 Å². The molecule has 2 aromatic carbocycles. The second-order valence-electron chi connectivity index (χ2n) is 8.22. The molecule has 0 aliphatic heterocycles. The van der Waals surface area contributed by atoms with Crippen LogP contribution in [0.3, 0.4) is 0 Å². The maximum atomic E-state index is 13.3. The number of aromatic nitrogens is 5. The van der Waals surface area contributed by atoms with Crippen molar-refractivity contribution in [3.05, 3.63) is 95.4 Å². The van der Waals surface area contributed by atoms with Gasteiger partial charge in [0.2, 0.25) is 0 Å². The van der Waals surface area contributed by atoms with Crippen LogP contribution < -0.4 is 5.32 Å². The summed E-state index contributed by atoms with van der Waals surface area (Å²) in [5.74, 6) is 0.282. The fourth-order valence-corrected chi connectivity index (χ4v) is 4.05. The van der Waals surface area contributed by atoms with E-state index in [1.54, 1.807) is 4.68 Å². The Morgan fingerprint density at radius 2 is 1.85 bits per heavy atom. The van der Waals surface area contributed by atoms with Crippen molar-refractivity contribution >= 4 is 22.6 Å². The molecule has 0 unspecified atom stereocenters. The number of nitrogens with one attached hydrogen (secondary N) is 1. The Morgan fingerprint density at radius 3 is 2.64 bits per heavy atom. The number of rotatable bonds is 5. The van der Waals surface area contributed by atoms with Gasteiger partial charge in [0.25, 0.3) is 5.91 Å². The van der Waals surface area contributed by atoms with Crippen molar-refractivity contribution in [2.24, 2.45) is 7.05 Å². The molecule has 0 radical (unpaired) electrons. The number of carbonyl (C=O) groups excluding carboxylic acids is 1. The zero-order valence-corrected chi connectivity index (χ0v) is 18.8. The molecule has 0 aliphatic rings. The number of nitrogens with zero attached hydrogens (tertiary/aromatic N) is 5. The average molecular weight is 437 g/mol. The second-order valence-corrected chi connectivity index (χ2v) is 8.22. The van der Waals surface area contributed by atoms with Crippen LogP contribution in [0, 0.1) is 13.8 Å². The Hall–Kier alpha value is -4.26. The molecule has 0 atom stereocenters. The van der Waals surface area contributed by atoms with Crippen molar-refractivity contribution in [1.29, 1.82) is 0 Å². The largest absolute Gasteiger partial charge is 0.305 e. The number of hydrogen-bond acceptors (Lipinski definition) is 4. The molecule has 0 fully saturated rings. The highest BCUT2D eigenvalue weighted by Gasteiger charge is 2.17. The maximum absolute atomic E-state index is 13.3. The van der Waals surface area contributed by atoms with Crippen molar-refractivity contribution in [2.45, 2.75) is 20.4 Å².